The molecule has 1 fully saturated rings. The summed E-state index contributed by atoms with van der Waals surface area (Å²) in [7, 11) is 1.39. The number of nitrogens with zero attached hydrogens (tertiary/aromatic N) is 1. The van der Waals surface area contributed by atoms with Gasteiger partial charge in [-0.25, -0.2) is 9.59 Å². The number of hydrogen-bond donors (Lipinski definition) is 2. The fourth-order valence-electron chi connectivity index (χ4n) is 1.83. The van der Waals surface area contributed by atoms with Crippen molar-refractivity contribution in [1.29, 1.82) is 0 Å². The highest BCUT2D eigenvalue weighted by Crippen LogP contribution is 2.31. The zero-order chi connectivity index (χ0) is 10.9. The molecule has 0 aromatic heterocycles. The second kappa shape index (κ2) is 3.45. The molecule has 1 rings (SSSR count). The number of ether oxygens (including phenoxy) is 1. The van der Waals surface area contributed by atoms with E-state index < -0.39 is 23.7 Å². The summed E-state index contributed by atoms with van der Waals surface area (Å²) in [5.41, 5.74) is -1.47. The first-order valence-electron chi connectivity index (χ1n) is 4.21. The third-order valence-corrected chi connectivity index (χ3v) is 2.75. The van der Waals surface area contributed by atoms with E-state index in [0.717, 1.165) is 4.90 Å². The maximum absolute atomic E-state index is 11.0. The zero-order valence-electron chi connectivity index (χ0n) is 8.06. The highest BCUT2D eigenvalue weighted by Gasteiger charge is 2.53. The number of hydrogen-bond acceptors (Lipinski definition) is 3. The van der Waals surface area contributed by atoms with Gasteiger partial charge in [0, 0.05) is 13.7 Å². The van der Waals surface area contributed by atoms with Crippen molar-refractivity contribution < 1.29 is 24.5 Å². The van der Waals surface area contributed by atoms with Crippen molar-refractivity contribution in [2.75, 3.05) is 13.7 Å². The van der Waals surface area contributed by atoms with Gasteiger partial charge in [-0.1, -0.05) is 0 Å². The monoisotopic (exact) mass is 203 g/mol. The Hall–Kier alpha value is -1.30. The Morgan fingerprint density at radius 1 is 1.50 bits per heavy atom. The summed E-state index contributed by atoms with van der Waals surface area (Å²) in [6.07, 6.45) is -1.41. The van der Waals surface area contributed by atoms with Crippen molar-refractivity contribution in [3.8, 4) is 0 Å². The van der Waals surface area contributed by atoms with Crippen molar-refractivity contribution in [3.05, 3.63) is 0 Å². The number of rotatable bonds is 2. The zero-order valence-corrected chi connectivity index (χ0v) is 8.06. The molecule has 0 radical (unpaired) electrons. The van der Waals surface area contributed by atoms with Gasteiger partial charge in [0.1, 0.15) is 0 Å². The summed E-state index contributed by atoms with van der Waals surface area (Å²) in [6, 6.07) is 0. The Morgan fingerprint density at radius 2 is 2.07 bits per heavy atom. The van der Waals surface area contributed by atoms with Crippen LogP contribution in [0.15, 0.2) is 0 Å². The van der Waals surface area contributed by atoms with Crippen LogP contribution in [0.4, 0.5) is 4.79 Å². The first kappa shape index (κ1) is 10.8. The molecule has 14 heavy (non-hydrogen) atoms. The van der Waals surface area contributed by atoms with E-state index in [4.69, 9.17) is 14.9 Å². The van der Waals surface area contributed by atoms with Crippen LogP contribution in [0, 0.1) is 0 Å². The third kappa shape index (κ3) is 1.31. The minimum atomic E-state index is -1.47. The fourth-order valence-corrected chi connectivity index (χ4v) is 1.83. The van der Waals surface area contributed by atoms with E-state index in [0.29, 0.717) is 6.42 Å². The van der Waals surface area contributed by atoms with E-state index >= 15 is 0 Å². The van der Waals surface area contributed by atoms with E-state index in [1.165, 1.54) is 14.0 Å². The van der Waals surface area contributed by atoms with Gasteiger partial charge >= 0.3 is 12.1 Å². The number of carbonyl (C=O) groups is 2. The predicted octanol–water partition coefficient (Wildman–Crippen LogP) is 0.228. The average Bonchev–Trinajstić information content (AvgIpc) is 2.43. The number of carboxylic acid groups (broad SMARTS) is 2. The highest BCUT2D eigenvalue weighted by atomic mass is 16.5. The maximum atomic E-state index is 11.0. The smallest absolute Gasteiger partial charge is 0.408 e. The molecule has 0 spiro atoms. The lowest BCUT2D eigenvalue weighted by atomic mass is 9.96. The SMILES string of the molecule is COC1CCN(C(=O)O)C1(C)C(=O)O. The summed E-state index contributed by atoms with van der Waals surface area (Å²) in [5.74, 6) is -1.18. The van der Waals surface area contributed by atoms with Crippen molar-refractivity contribution in [2.45, 2.75) is 25.0 Å². The van der Waals surface area contributed by atoms with Gasteiger partial charge in [0.2, 0.25) is 0 Å². The molecule has 0 aromatic rings. The summed E-state index contributed by atoms with van der Waals surface area (Å²) in [4.78, 5) is 22.7. The van der Waals surface area contributed by atoms with Gasteiger partial charge in [-0.3, -0.25) is 4.90 Å². The minimum absolute atomic E-state index is 0.191. The lowest BCUT2D eigenvalue weighted by Gasteiger charge is -2.32. The molecule has 1 aliphatic rings. The lowest BCUT2D eigenvalue weighted by Crippen LogP contribution is -2.56. The van der Waals surface area contributed by atoms with E-state index in [9.17, 15) is 9.59 Å². The Labute approximate surface area is 81.1 Å². The first-order valence-corrected chi connectivity index (χ1v) is 4.21. The van der Waals surface area contributed by atoms with E-state index in [1.807, 2.05) is 0 Å². The molecule has 6 heteroatoms. The molecule has 1 aliphatic heterocycles. The minimum Gasteiger partial charge on any atom is -0.479 e. The van der Waals surface area contributed by atoms with Gasteiger partial charge in [0.25, 0.3) is 0 Å². The van der Waals surface area contributed by atoms with E-state index in [1.54, 1.807) is 0 Å². The molecular formula is C8H13NO5. The molecule has 2 atom stereocenters. The Kier molecular flexibility index (Phi) is 2.66. The first-order chi connectivity index (χ1) is 6.44. The Morgan fingerprint density at radius 3 is 2.43 bits per heavy atom. The molecule has 2 N–H and O–H groups in total. The molecule has 6 nitrogen and oxygen atoms in total. The summed E-state index contributed by atoms with van der Waals surface area (Å²) in [5, 5.41) is 17.8. The number of amides is 1. The third-order valence-electron chi connectivity index (χ3n) is 2.75. The molecular weight excluding hydrogens is 190 g/mol. The molecule has 80 valence electrons. The van der Waals surface area contributed by atoms with Crippen molar-refractivity contribution in [1.82, 2.24) is 4.90 Å². The summed E-state index contributed by atoms with van der Waals surface area (Å²) < 4.78 is 4.98. The van der Waals surface area contributed by atoms with Crippen LogP contribution < -0.4 is 0 Å². The van der Waals surface area contributed by atoms with Gasteiger partial charge in [-0.2, -0.15) is 0 Å². The standard InChI is InChI=1S/C8H13NO5/c1-8(6(10)11)5(14-2)3-4-9(8)7(12)13/h5H,3-4H2,1-2H3,(H,10,11)(H,12,13). The van der Waals surface area contributed by atoms with Crippen molar-refractivity contribution >= 4 is 12.1 Å². The quantitative estimate of drug-likeness (QED) is 0.670. The lowest BCUT2D eigenvalue weighted by molar-refractivity contribution is -0.153. The average molecular weight is 203 g/mol. The Balaban J connectivity index is 3.02. The topological polar surface area (TPSA) is 87.1 Å². The molecule has 2 unspecified atom stereocenters. The maximum Gasteiger partial charge on any atom is 0.408 e. The number of carboxylic acids is 1. The van der Waals surface area contributed by atoms with E-state index in [-0.39, 0.29) is 6.54 Å². The van der Waals surface area contributed by atoms with Crippen LogP contribution >= 0.6 is 0 Å². The largest absolute Gasteiger partial charge is 0.479 e. The van der Waals surface area contributed by atoms with Crippen LogP contribution in [0.3, 0.4) is 0 Å². The van der Waals surface area contributed by atoms with Crippen LogP contribution in [0.25, 0.3) is 0 Å². The normalized spacial score (nSPS) is 31.9. The molecule has 0 bridgehead atoms. The number of methoxy groups -OCH3 is 1. The molecule has 0 aliphatic carbocycles. The van der Waals surface area contributed by atoms with Crippen molar-refractivity contribution in [2.24, 2.45) is 0 Å². The number of aliphatic carboxylic acids is 1. The molecule has 0 aromatic carbocycles. The fraction of sp³-hybridized carbons (Fsp3) is 0.750. The van der Waals surface area contributed by atoms with Crippen LogP contribution in [-0.4, -0.2) is 52.5 Å². The van der Waals surface area contributed by atoms with Gasteiger partial charge in [0.15, 0.2) is 5.54 Å². The molecule has 1 saturated heterocycles. The van der Waals surface area contributed by atoms with Crippen LogP contribution in [-0.2, 0) is 9.53 Å². The van der Waals surface area contributed by atoms with Crippen LogP contribution in [0.1, 0.15) is 13.3 Å². The second-order valence-electron chi connectivity index (χ2n) is 3.40. The van der Waals surface area contributed by atoms with Crippen molar-refractivity contribution in [3.63, 3.8) is 0 Å². The second-order valence-corrected chi connectivity index (χ2v) is 3.40. The molecule has 1 amide bonds. The summed E-state index contributed by atoms with van der Waals surface area (Å²) in [6.45, 7) is 1.56. The predicted molar refractivity (Wildman–Crippen MR) is 46.2 cm³/mol. The van der Waals surface area contributed by atoms with Gasteiger partial charge < -0.3 is 14.9 Å². The Bertz CT molecular complexity index is 266. The van der Waals surface area contributed by atoms with Gasteiger partial charge in [-0.05, 0) is 13.3 Å². The highest BCUT2D eigenvalue weighted by molar-refractivity contribution is 5.85. The number of likely N-dealkylation sites (tertiary alicyclic amines) is 1. The van der Waals surface area contributed by atoms with Gasteiger partial charge in [-0.15, -0.1) is 0 Å². The van der Waals surface area contributed by atoms with Crippen LogP contribution in [0.2, 0.25) is 0 Å². The van der Waals surface area contributed by atoms with Crippen LogP contribution in [0.5, 0.6) is 0 Å². The van der Waals surface area contributed by atoms with E-state index in [2.05, 4.69) is 0 Å². The van der Waals surface area contributed by atoms with Gasteiger partial charge in [0.05, 0.1) is 6.10 Å². The molecule has 1 heterocycles. The molecule has 0 saturated carbocycles. The summed E-state index contributed by atoms with van der Waals surface area (Å²) >= 11 is 0.